The minimum absolute atomic E-state index is 0.0120. The lowest BCUT2D eigenvalue weighted by Gasteiger charge is -2.26. The van der Waals surface area contributed by atoms with Gasteiger partial charge in [0.25, 0.3) is 0 Å². The fourth-order valence-electron chi connectivity index (χ4n) is 2.76. The Morgan fingerprint density at radius 2 is 1.61 bits per heavy atom. The second kappa shape index (κ2) is 13.7. The van der Waals surface area contributed by atoms with E-state index >= 15 is 0 Å². The van der Waals surface area contributed by atoms with Crippen molar-refractivity contribution in [2.75, 3.05) is 12.0 Å². The third-order valence-electron chi connectivity index (χ3n) is 4.77. The summed E-state index contributed by atoms with van der Waals surface area (Å²) < 4.78 is 0. The number of phenolic OH excluding ortho intramolecular Hbond substituents is 1. The van der Waals surface area contributed by atoms with Crippen LogP contribution in [0.5, 0.6) is 5.75 Å². The maximum absolute atomic E-state index is 12.9. The van der Waals surface area contributed by atoms with E-state index in [1.807, 2.05) is 6.26 Å². The maximum Gasteiger partial charge on any atom is 0.325 e. The quantitative estimate of drug-likeness (QED) is 0.183. The summed E-state index contributed by atoms with van der Waals surface area (Å²) in [5.74, 6) is -2.83. The van der Waals surface area contributed by atoms with Crippen molar-refractivity contribution in [2.45, 2.75) is 57.0 Å². The topological polar surface area (TPSA) is 191 Å². The van der Waals surface area contributed by atoms with Crippen molar-refractivity contribution in [3.05, 3.63) is 29.8 Å². The van der Waals surface area contributed by atoms with Crippen LogP contribution in [0.15, 0.2) is 24.3 Å². The van der Waals surface area contributed by atoms with Crippen LogP contribution in [-0.4, -0.2) is 81.3 Å². The van der Waals surface area contributed by atoms with Crippen LogP contribution in [0.25, 0.3) is 0 Å². The number of phenols is 1. The summed E-state index contributed by atoms with van der Waals surface area (Å²) in [6.45, 7) is 2.58. The molecule has 11 nitrogen and oxygen atoms in total. The molecule has 0 aliphatic carbocycles. The van der Waals surface area contributed by atoms with Gasteiger partial charge in [-0.3, -0.25) is 19.2 Å². The first kappa shape index (κ1) is 28.2. The number of nitrogens with two attached hydrogens (primary N) is 1. The normalized spacial score (nSPS) is 15.4. The number of nitrogens with one attached hydrogen (secondary N) is 3. The maximum atomic E-state index is 12.9. The van der Waals surface area contributed by atoms with Gasteiger partial charge >= 0.3 is 5.97 Å². The van der Waals surface area contributed by atoms with E-state index in [4.69, 9.17) is 10.8 Å². The zero-order valence-electron chi connectivity index (χ0n) is 18.8. The Labute approximate surface area is 196 Å². The average molecular weight is 485 g/mol. The third kappa shape index (κ3) is 9.68. The summed E-state index contributed by atoms with van der Waals surface area (Å²) >= 11 is 1.51. The van der Waals surface area contributed by atoms with E-state index in [0.29, 0.717) is 17.7 Å². The summed E-state index contributed by atoms with van der Waals surface area (Å²) in [5, 5.41) is 35.7. The Bertz CT molecular complexity index is 819. The van der Waals surface area contributed by atoms with Crippen LogP contribution < -0.4 is 21.7 Å². The number of carbonyl (C=O) groups excluding carboxylic acids is 3. The molecule has 0 aliphatic heterocycles. The van der Waals surface area contributed by atoms with Gasteiger partial charge in [0, 0.05) is 6.42 Å². The molecule has 184 valence electrons. The molecule has 1 aromatic rings. The largest absolute Gasteiger partial charge is 0.508 e. The van der Waals surface area contributed by atoms with Crippen LogP contribution in [0.4, 0.5) is 0 Å². The molecule has 0 fully saturated rings. The van der Waals surface area contributed by atoms with Crippen molar-refractivity contribution in [1.29, 1.82) is 0 Å². The molecular formula is C21H32N4O7S. The van der Waals surface area contributed by atoms with Gasteiger partial charge in [-0.25, -0.2) is 0 Å². The zero-order valence-corrected chi connectivity index (χ0v) is 19.6. The Morgan fingerprint density at radius 3 is 2.12 bits per heavy atom. The van der Waals surface area contributed by atoms with Gasteiger partial charge in [-0.05, 0) is 50.0 Å². The number of thioether (sulfide) groups is 1. The molecule has 8 N–H and O–H groups in total. The van der Waals surface area contributed by atoms with E-state index in [0.717, 1.165) is 0 Å². The number of hydrogen-bond donors (Lipinski definition) is 7. The number of aromatic hydroxyl groups is 1. The highest BCUT2D eigenvalue weighted by Gasteiger charge is 2.31. The molecule has 0 heterocycles. The van der Waals surface area contributed by atoms with Crippen LogP contribution in [0.2, 0.25) is 0 Å². The molecule has 0 bridgehead atoms. The van der Waals surface area contributed by atoms with E-state index in [2.05, 4.69) is 16.0 Å². The molecule has 0 aliphatic rings. The molecule has 0 spiro atoms. The van der Waals surface area contributed by atoms with Crippen molar-refractivity contribution >= 4 is 35.5 Å². The number of aliphatic hydroxyl groups excluding tert-OH is 1. The summed E-state index contributed by atoms with van der Waals surface area (Å²) in [6.07, 6.45) is 0.913. The zero-order chi connectivity index (χ0) is 25.1. The molecule has 0 saturated carbocycles. The molecule has 5 unspecified atom stereocenters. The standard InChI is InChI=1S/C21H32N4O7S/c1-11(21(31)32)23-19(29)16(10-13-4-6-14(27)7-5-13)24-20(30)17(12(2)26)25-18(28)15(22)8-9-33-3/h4-7,11-12,15-17,26-27H,8-10,22H2,1-3H3,(H,23,29)(H,24,30)(H,25,28)(H,31,32). The van der Waals surface area contributed by atoms with Crippen LogP contribution in [0.1, 0.15) is 25.8 Å². The predicted octanol–water partition coefficient (Wildman–Crippen LogP) is -1.05. The summed E-state index contributed by atoms with van der Waals surface area (Å²) in [5.41, 5.74) is 6.40. The third-order valence-corrected chi connectivity index (χ3v) is 5.41. The number of carbonyl (C=O) groups is 4. The van der Waals surface area contributed by atoms with Crippen LogP contribution in [0, 0.1) is 0 Å². The van der Waals surface area contributed by atoms with Gasteiger partial charge < -0.3 is 37.0 Å². The Hall–Kier alpha value is -2.83. The van der Waals surface area contributed by atoms with Crippen LogP contribution in [0.3, 0.4) is 0 Å². The number of carboxylic acids is 1. The van der Waals surface area contributed by atoms with Crippen molar-refractivity contribution < 1.29 is 34.5 Å². The number of amides is 3. The smallest absolute Gasteiger partial charge is 0.325 e. The number of benzene rings is 1. The van der Waals surface area contributed by atoms with E-state index in [1.165, 1.54) is 37.7 Å². The number of aliphatic hydroxyl groups is 1. The minimum atomic E-state index is -1.38. The number of hydrogen-bond acceptors (Lipinski definition) is 8. The first-order valence-electron chi connectivity index (χ1n) is 10.3. The monoisotopic (exact) mass is 484 g/mol. The highest BCUT2D eigenvalue weighted by Crippen LogP contribution is 2.12. The summed E-state index contributed by atoms with van der Waals surface area (Å²) in [6, 6.07) is 1.21. The van der Waals surface area contributed by atoms with Gasteiger partial charge in [0.05, 0.1) is 12.1 Å². The number of carboxylic acid groups (broad SMARTS) is 1. The molecule has 0 aromatic heterocycles. The summed E-state index contributed by atoms with van der Waals surface area (Å²) in [7, 11) is 0. The SMILES string of the molecule is CSCCC(N)C(=O)NC(C(=O)NC(Cc1ccc(O)cc1)C(=O)NC(C)C(=O)O)C(C)O. The average Bonchev–Trinajstić information content (AvgIpc) is 2.75. The van der Waals surface area contributed by atoms with Gasteiger partial charge in [-0.15, -0.1) is 0 Å². The molecule has 0 radical (unpaired) electrons. The Balaban J connectivity index is 3.01. The van der Waals surface area contributed by atoms with Crippen molar-refractivity contribution in [1.82, 2.24) is 16.0 Å². The van der Waals surface area contributed by atoms with Crippen molar-refractivity contribution in [3.8, 4) is 5.75 Å². The van der Waals surface area contributed by atoms with Gasteiger partial charge in [0.1, 0.15) is 23.9 Å². The molecular weight excluding hydrogens is 452 g/mol. The molecule has 1 aromatic carbocycles. The highest BCUT2D eigenvalue weighted by molar-refractivity contribution is 7.98. The first-order valence-corrected chi connectivity index (χ1v) is 11.7. The highest BCUT2D eigenvalue weighted by atomic mass is 32.2. The summed E-state index contributed by atoms with van der Waals surface area (Å²) in [4.78, 5) is 49.0. The lowest BCUT2D eigenvalue weighted by atomic mass is 10.0. The molecule has 3 amide bonds. The fraction of sp³-hybridized carbons (Fsp3) is 0.524. The van der Waals surface area contributed by atoms with Gasteiger partial charge in [0.15, 0.2) is 0 Å². The van der Waals surface area contributed by atoms with Crippen LogP contribution in [-0.2, 0) is 25.6 Å². The molecule has 33 heavy (non-hydrogen) atoms. The minimum Gasteiger partial charge on any atom is -0.508 e. The molecule has 5 atom stereocenters. The van der Waals surface area contributed by atoms with E-state index in [-0.39, 0.29) is 12.2 Å². The molecule has 12 heteroatoms. The molecule has 0 saturated heterocycles. The lowest BCUT2D eigenvalue weighted by molar-refractivity contribution is -0.142. The lowest BCUT2D eigenvalue weighted by Crippen LogP contribution is -2.60. The predicted molar refractivity (Wildman–Crippen MR) is 124 cm³/mol. The second-order valence-corrected chi connectivity index (χ2v) is 8.60. The number of rotatable bonds is 13. The molecule has 1 rings (SSSR count). The van der Waals surface area contributed by atoms with Crippen molar-refractivity contribution in [2.24, 2.45) is 5.73 Å². The van der Waals surface area contributed by atoms with Crippen molar-refractivity contribution in [3.63, 3.8) is 0 Å². The van der Waals surface area contributed by atoms with E-state index < -0.39 is 54.0 Å². The fourth-order valence-corrected chi connectivity index (χ4v) is 3.25. The van der Waals surface area contributed by atoms with Crippen LogP contribution >= 0.6 is 11.8 Å². The van der Waals surface area contributed by atoms with Gasteiger partial charge in [0.2, 0.25) is 17.7 Å². The van der Waals surface area contributed by atoms with E-state index in [9.17, 15) is 29.4 Å². The first-order chi connectivity index (χ1) is 15.5. The Kier molecular flexibility index (Phi) is 11.7. The van der Waals surface area contributed by atoms with Gasteiger partial charge in [-0.1, -0.05) is 12.1 Å². The van der Waals surface area contributed by atoms with Gasteiger partial charge in [-0.2, -0.15) is 11.8 Å². The second-order valence-electron chi connectivity index (χ2n) is 7.62. The Morgan fingerprint density at radius 1 is 1.00 bits per heavy atom. The number of aliphatic carboxylic acids is 1. The van der Waals surface area contributed by atoms with E-state index in [1.54, 1.807) is 12.1 Å².